The summed E-state index contributed by atoms with van der Waals surface area (Å²) in [6.45, 7) is 3.05. The van der Waals surface area contributed by atoms with Crippen LogP contribution in [0.4, 0.5) is 0 Å². The van der Waals surface area contributed by atoms with E-state index in [2.05, 4.69) is 22.0 Å². The topological polar surface area (TPSA) is 82.5 Å². The zero-order valence-corrected chi connectivity index (χ0v) is 16.9. The number of rotatable bonds is 8. The molecule has 0 saturated carbocycles. The zero-order chi connectivity index (χ0) is 20.3. The van der Waals surface area contributed by atoms with E-state index in [1.54, 1.807) is 4.68 Å². The minimum Gasteiger partial charge on any atom is -0.454 e. The maximum absolute atomic E-state index is 12.6. The van der Waals surface area contributed by atoms with Crippen molar-refractivity contribution >= 4 is 10.0 Å². The largest absolute Gasteiger partial charge is 0.454 e. The summed E-state index contributed by atoms with van der Waals surface area (Å²) in [4.78, 5) is 0.179. The van der Waals surface area contributed by atoms with Crippen LogP contribution in [0.2, 0.25) is 0 Å². The van der Waals surface area contributed by atoms with Crippen molar-refractivity contribution in [2.45, 2.75) is 30.7 Å². The Morgan fingerprint density at radius 2 is 1.90 bits per heavy atom. The van der Waals surface area contributed by atoms with Crippen LogP contribution in [0.5, 0.6) is 11.5 Å². The number of hydrogen-bond donors (Lipinski definition) is 1. The van der Waals surface area contributed by atoms with Gasteiger partial charge in [0.2, 0.25) is 16.8 Å². The number of ether oxygens (including phenoxy) is 2. The lowest BCUT2D eigenvalue weighted by molar-refractivity contribution is 0.174. The molecule has 4 rings (SSSR count). The third-order valence-corrected chi connectivity index (χ3v) is 6.39. The number of aromatic nitrogens is 2. The van der Waals surface area contributed by atoms with Crippen molar-refractivity contribution in [3.8, 4) is 11.5 Å². The van der Waals surface area contributed by atoms with Crippen molar-refractivity contribution in [3.63, 3.8) is 0 Å². The van der Waals surface area contributed by atoms with Crippen molar-refractivity contribution < 1.29 is 17.9 Å². The van der Waals surface area contributed by atoms with Gasteiger partial charge in [0, 0.05) is 25.2 Å². The molecule has 1 aliphatic heterocycles. The van der Waals surface area contributed by atoms with Crippen LogP contribution in [0.25, 0.3) is 0 Å². The third-order valence-electron chi connectivity index (χ3n) is 4.97. The number of nitrogens with one attached hydrogen (secondary N) is 1. The van der Waals surface area contributed by atoms with Gasteiger partial charge in [0.25, 0.3) is 0 Å². The Bertz CT molecular complexity index is 1080. The lowest BCUT2D eigenvalue weighted by Crippen LogP contribution is -2.26. The van der Waals surface area contributed by atoms with E-state index in [-0.39, 0.29) is 17.6 Å². The van der Waals surface area contributed by atoms with Crippen LogP contribution < -0.4 is 14.2 Å². The van der Waals surface area contributed by atoms with Crippen LogP contribution in [0.15, 0.2) is 65.8 Å². The van der Waals surface area contributed by atoms with Crippen LogP contribution in [0.3, 0.4) is 0 Å². The van der Waals surface area contributed by atoms with Gasteiger partial charge in [-0.05, 0) is 36.6 Å². The summed E-state index contributed by atoms with van der Waals surface area (Å²) in [7, 11) is -3.60. The fourth-order valence-electron chi connectivity index (χ4n) is 3.42. The molecule has 1 aliphatic rings. The standard InChI is InChI=1S/C21H23N3O4S/c1-2-24-14-18(13-22-24)29(25,26)23-11-10-19(16-6-4-3-5-7-16)17-8-9-20-21(12-17)28-15-27-20/h3-9,12-14,19,23H,2,10-11,15H2,1H3/t19-/m1/s1. The summed E-state index contributed by atoms with van der Waals surface area (Å²) < 4.78 is 40.3. The van der Waals surface area contributed by atoms with Gasteiger partial charge in [0.15, 0.2) is 11.5 Å². The van der Waals surface area contributed by atoms with Crippen LogP contribution in [-0.2, 0) is 16.6 Å². The van der Waals surface area contributed by atoms with Gasteiger partial charge >= 0.3 is 0 Å². The Labute approximate surface area is 170 Å². The van der Waals surface area contributed by atoms with E-state index in [9.17, 15) is 8.42 Å². The molecule has 2 heterocycles. The van der Waals surface area contributed by atoms with Crippen molar-refractivity contribution in [2.75, 3.05) is 13.3 Å². The first-order chi connectivity index (χ1) is 14.1. The second kappa shape index (κ2) is 8.26. The fourth-order valence-corrected chi connectivity index (χ4v) is 4.42. The molecule has 0 saturated heterocycles. The molecule has 0 bridgehead atoms. The van der Waals surface area contributed by atoms with Gasteiger partial charge in [0.1, 0.15) is 4.90 Å². The van der Waals surface area contributed by atoms with Crippen LogP contribution in [0, 0.1) is 0 Å². The number of fused-ring (bicyclic) bond motifs is 1. The summed E-state index contributed by atoms with van der Waals surface area (Å²) in [5.74, 6) is 1.47. The number of benzene rings is 2. The smallest absolute Gasteiger partial charge is 0.243 e. The van der Waals surface area contributed by atoms with E-state index in [1.807, 2.05) is 43.3 Å². The van der Waals surface area contributed by atoms with E-state index in [0.717, 1.165) is 22.6 Å². The molecule has 0 amide bonds. The fraction of sp³-hybridized carbons (Fsp3) is 0.286. The highest BCUT2D eigenvalue weighted by atomic mass is 32.2. The molecule has 8 heteroatoms. The number of nitrogens with zero attached hydrogens (tertiary/aromatic N) is 2. The predicted molar refractivity (Wildman–Crippen MR) is 109 cm³/mol. The van der Waals surface area contributed by atoms with Gasteiger partial charge in [-0.3, -0.25) is 4.68 Å². The molecule has 0 spiro atoms. The number of aryl methyl sites for hydroxylation is 1. The molecular weight excluding hydrogens is 390 g/mol. The minimum atomic E-state index is -3.60. The third kappa shape index (κ3) is 4.28. The Morgan fingerprint density at radius 3 is 2.66 bits per heavy atom. The average Bonchev–Trinajstić information content (AvgIpc) is 3.41. The monoisotopic (exact) mass is 413 g/mol. The molecule has 0 fully saturated rings. The van der Waals surface area contributed by atoms with E-state index in [4.69, 9.17) is 9.47 Å². The van der Waals surface area contributed by atoms with Crippen LogP contribution >= 0.6 is 0 Å². The first-order valence-electron chi connectivity index (χ1n) is 9.53. The SMILES string of the molecule is CCn1cc(S(=O)(=O)NCC[C@H](c2ccccc2)c2ccc3c(c2)OCO3)cn1. The molecule has 2 aromatic carbocycles. The quantitative estimate of drug-likeness (QED) is 0.614. The molecule has 1 N–H and O–H groups in total. The van der Waals surface area contributed by atoms with Gasteiger partial charge in [0.05, 0.1) is 6.20 Å². The normalized spacial score (nSPS) is 14.1. The lowest BCUT2D eigenvalue weighted by Gasteiger charge is -2.19. The zero-order valence-electron chi connectivity index (χ0n) is 16.1. The first kappa shape index (κ1) is 19.5. The molecule has 1 aromatic heterocycles. The lowest BCUT2D eigenvalue weighted by atomic mass is 9.88. The average molecular weight is 413 g/mol. The molecule has 152 valence electrons. The van der Waals surface area contributed by atoms with Gasteiger partial charge in [-0.2, -0.15) is 5.10 Å². The second-order valence-corrected chi connectivity index (χ2v) is 8.56. The highest BCUT2D eigenvalue weighted by Crippen LogP contribution is 2.37. The van der Waals surface area contributed by atoms with Gasteiger partial charge in [-0.15, -0.1) is 0 Å². The van der Waals surface area contributed by atoms with E-state index in [0.29, 0.717) is 19.5 Å². The summed E-state index contributed by atoms with van der Waals surface area (Å²) >= 11 is 0. The van der Waals surface area contributed by atoms with E-state index in [1.165, 1.54) is 12.4 Å². The van der Waals surface area contributed by atoms with Crippen molar-refractivity contribution in [2.24, 2.45) is 0 Å². The summed E-state index contributed by atoms with van der Waals surface area (Å²) in [6.07, 6.45) is 3.51. The van der Waals surface area contributed by atoms with E-state index >= 15 is 0 Å². The Kier molecular flexibility index (Phi) is 5.55. The molecule has 3 aromatic rings. The summed E-state index contributed by atoms with van der Waals surface area (Å²) in [5, 5.41) is 4.04. The molecule has 0 aliphatic carbocycles. The minimum absolute atomic E-state index is 0.0202. The van der Waals surface area contributed by atoms with Gasteiger partial charge < -0.3 is 9.47 Å². The van der Waals surface area contributed by atoms with Crippen molar-refractivity contribution in [1.29, 1.82) is 0 Å². The van der Waals surface area contributed by atoms with Crippen LogP contribution in [-0.4, -0.2) is 31.5 Å². The van der Waals surface area contributed by atoms with Gasteiger partial charge in [-0.1, -0.05) is 36.4 Å². The Balaban J connectivity index is 1.52. The number of hydrogen-bond acceptors (Lipinski definition) is 5. The van der Waals surface area contributed by atoms with Crippen LogP contribution in [0.1, 0.15) is 30.4 Å². The molecule has 0 unspecified atom stereocenters. The molecule has 29 heavy (non-hydrogen) atoms. The maximum Gasteiger partial charge on any atom is 0.243 e. The predicted octanol–water partition coefficient (Wildman–Crippen LogP) is 3.13. The summed E-state index contributed by atoms with van der Waals surface area (Å²) in [6, 6.07) is 15.9. The Morgan fingerprint density at radius 1 is 1.10 bits per heavy atom. The van der Waals surface area contributed by atoms with Gasteiger partial charge in [-0.25, -0.2) is 13.1 Å². The highest BCUT2D eigenvalue weighted by Gasteiger charge is 2.21. The molecule has 1 atom stereocenters. The number of sulfonamides is 1. The second-order valence-electron chi connectivity index (χ2n) is 6.79. The van der Waals surface area contributed by atoms with Crippen molar-refractivity contribution in [3.05, 3.63) is 72.1 Å². The summed E-state index contributed by atoms with van der Waals surface area (Å²) in [5.41, 5.74) is 2.17. The Hall–Kier alpha value is -2.84. The first-order valence-corrected chi connectivity index (χ1v) is 11.0. The van der Waals surface area contributed by atoms with Crippen molar-refractivity contribution in [1.82, 2.24) is 14.5 Å². The molecular formula is C21H23N3O4S. The highest BCUT2D eigenvalue weighted by molar-refractivity contribution is 7.89. The maximum atomic E-state index is 12.6. The van der Waals surface area contributed by atoms with E-state index < -0.39 is 10.0 Å². The molecule has 7 nitrogen and oxygen atoms in total. The molecule has 0 radical (unpaired) electrons.